The minimum atomic E-state index is 0.511. The Labute approximate surface area is 158 Å². The van der Waals surface area contributed by atoms with Gasteiger partial charge in [0.1, 0.15) is 5.69 Å². The van der Waals surface area contributed by atoms with E-state index in [9.17, 15) is 0 Å². The van der Waals surface area contributed by atoms with E-state index in [2.05, 4.69) is 45.1 Å². The van der Waals surface area contributed by atoms with Crippen LogP contribution in [-0.4, -0.2) is 19.7 Å². The second-order valence-corrected chi connectivity index (χ2v) is 6.97. The molecule has 3 aromatic heterocycles. The van der Waals surface area contributed by atoms with Crippen LogP contribution in [0.2, 0.25) is 0 Å². The van der Waals surface area contributed by atoms with E-state index in [0.29, 0.717) is 6.04 Å². The van der Waals surface area contributed by atoms with Gasteiger partial charge in [-0.25, -0.2) is 0 Å². The van der Waals surface area contributed by atoms with Crippen LogP contribution >= 0.6 is 0 Å². The predicted octanol–water partition coefficient (Wildman–Crippen LogP) is 5.40. The highest BCUT2D eigenvalue weighted by atomic mass is 15.3. The van der Waals surface area contributed by atoms with Gasteiger partial charge in [0, 0.05) is 29.7 Å². The van der Waals surface area contributed by atoms with E-state index in [-0.39, 0.29) is 0 Å². The molecule has 1 saturated carbocycles. The first kappa shape index (κ1) is 15.9. The smallest absolute Gasteiger partial charge is 0.119 e. The van der Waals surface area contributed by atoms with Gasteiger partial charge in [-0.15, -0.1) is 0 Å². The Kier molecular flexibility index (Phi) is 4.02. The SMILES string of the molecule is c1ccc(-c2cc(-c3cn(C4CCC4)nc3-c3ccccn3)ccn2)cc1. The van der Waals surface area contributed by atoms with Crippen molar-refractivity contribution in [2.75, 3.05) is 0 Å². The second-order valence-electron chi connectivity index (χ2n) is 6.97. The number of nitrogens with zero attached hydrogens (tertiary/aromatic N) is 4. The van der Waals surface area contributed by atoms with E-state index >= 15 is 0 Å². The molecule has 4 aromatic rings. The molecule has 27 heavy (non-hydrogen) atoms. The quantitative estimate of drug-likeness (QED) is 0.494. The zero-order chi connectivity index (χ0) is 18.1. The first-order valence-corrected chi connectivity index (χ1v) is 9.41. The van der Waals surface area contributed by atoms with Crippen LogP contribution < -0.4 is 0 Å². The lowest BCUT2D eigenvalue weighted by atomic mass is 9.93. The number of hydrogen-bond donors (Lipinski definition) is 0. The van der Waals surface area contributed by atoms with Gasteiger partial charge in [-0.3, -0.25) is 14.6 Å². The van der Waals surface area contributed by atoms with Crippen LogP contribution in [0.15, 0.2) is 79.3 Å². The third-order valence-electron chi connectivity index (χ3n) is 5.23. The molecular formula is C23H20N4. The average molecular weight is 352 g/mol. The Morgan fingerprint density at radius 2 is 1.59 bits per heavy atom. The van der Waals surface area contributed by atoms with Crippen molar-refractivity contribution in [1.82, 2.24) is 19.7 Å². The Hall–Kier alpha value is -3.27. The van der Waals surface area contributed by atoms with Crippen LogP contribution in [0.25, 0.3) is 33.8 Å². The number of benzene rings is 1. The summed E-state index contributed by atoms with van der Waals surface area (Å²) >= 11 is 0. The fourth-order valence-corrected chi connectivity index (χ4v) is 3.50. The highest BCUT2D eigenvalue weighted by Crippen LogP contribution is 2.37. The molecule has 1 aromatic carbocycles. The summed E-state index contributed by atoms with van der Waals surface area (Å²) in [5, 5.41) is 4.92. The topological polar surface area (TPSA) is 43.6 Å². The lowest BCUT2D eigenvalue weighted by Gasteiger charge is -2.25. The molecule has 0 spiro atoms. The van der Waals surface area contributed by atoms with E-state index in [4.69, 9.17) is 5.10 Å². The molecule has 0 saturated heterocycles. The van der Waals surface area contributed by atoms with Gasteiger partial charge in [0.15, 0.2) is 0 Å². The molecule has 132 valence electrons. The highest BCUT2D eigenvalue weighted by Gasteiger charge is 2.23. The second kappa shape index (κ2) is 6.80. The fourth-order valence-electron chi connectivity index (χ4n) is 3.50. The van der Waals surface area contributed by atoms with Crippen molar-refractivity contribution in [3.8, 4) is 33.8 Å². The van der Waals surface area contributed by atoms with Gasteiger partial charge in [-0.2, -0.15) is 5.10 Å². The zero-order valence-corrected chi connectivity index (χ0v) is 15.0. The molecular weight excluding hydrogens is 332 g/mol. The van der Waals surface area contributed by atoms with Crippen molar-refractivity contribution in [2.24, 2.45) is 0 Å². The summed E-state index contributed by atoms with van der Waals surface area (Å²) in [6, 6.07) is 21.0. The minimum absolute atomic E-state index is 0.511. The Morgan fingerprint density at radius 1 is 0.778 bits per heavy atom. The lowest BCUT2D eigenvalue weighted by Crippen LogP contribution is -2.17. The number of aromatic nitrogens is 4. The van der Waals surface area contributed by atoms with Gasteiger partial charge < -0.3 is 0 Å². The summed E-state index contributed by atoms with van der Waals surface area (Å²) in [6.45, 7) is 0. The largest absolute Gasteiger partial charge is 0.268 e. The van der Waals surface area contributed by atoms with Gasteiger partial charge in [0.2, 0.25) is 0 Å². The van der Waals surface area contributed by atoms with E-state index in [1.54, 1.807) is 0 Å². The molecule has 3 heterocycles. The summed E-state index contributed by atoms with van der Waals surface area (Å²) in [5.74, 6) is 0. The van der Waals surface area contributed by atoms with Gasteiger partial charge in [-0.05, 0) is 49.1 Å². The van der Waals surface area contributed by atoms with Crippen LogP contribution in [0, 0.1) is 0 Å². The van der Waals surface area contributed by atoms with Crippen LogP contribution in [-0.2, 0) is 0 Å². The molecule has 0 aliphatic heterocycles. The maximum absolute atomic E-state index is 4.92. The molecule has 0 atom stereocenters. The van der Waals surface area contributed by atoms with Gasteiger partial charge in [-0.1, -0.05) is 36.4 Å². The average Bonchev–Trinajstić information content (AvgIpc) is 3.13. The lowest BCUT2D eigenvalue weighted by molar-refractivity contribution is 0.290. The van der Waals surface area contributed by atoms with Gasteiger partial charge in [0.05, 0.1) is 17.4 Å². The summed E-state index contributed by atoms with van der Waals surface area (Å²) in [4.78, 5) is 9.10. The van der Waals surface area contributed by atoms with E-state index < -0.39 is 0 Å². The first-order chi connectivity index (χ1) is 13.4. The molecule has 0 N–H and O–H groups in total. The molecule has 1 aliphatic carbocycles. The van der Waals surface area contributed by atoms with Crippen molar-refractivity contribution in [3.05, 3.63) is 79.3 Å². The Bertz CT molecular complexity index is 1050. The molecule has 1 fully saturated rings. The molecule has 4 heteroatoms. The number of pyridine rings is 2. The van der Waals surface area contributed by atoms with Crippen LogP contribution in [0.5, 0.6) is 0 Å². The maximum Gasteiger partial charge on any atom is 0.119 e. The maximum atomic E-state index is 4.92. The molecule has 1 aliphatic rings. The fraction of sp³-hybridized carbons (Fsp3) is 0.174. The molecule has 0 bridgehead atoms. The van der Waals surface area contributed by atoms with Crippen molar-refractivity contribution < 1.29 is 0 Å². The third kappa shape index (κ3) is 3.04. The molecule has 0 radical (unpaired) electrons. The van der Waals surface area contributed by atoms with Crippen LogP contribution in [0.1, 0.15) is 25.3 Å². The monoisotopic (exact) mass is 352 g/mol. The Balaban J connectivity index is 1.63. The van der Waals surface area contributed by atoms with Crippen molar-refractivity contribution >= 4 is 0 Å². The minimum Gasteiger partial charge on any atom is -0.268 e. The van der Waals surface area contributed by atoms with E-state index in [0.717, 1.165) is 33.8 Å². The molecule has 0 unspecified atom stereocenters. The third-order valence-corrected chi connectivity index (χ3v) is 5.23. The summed E-state index contributed by atoms with van der Waals surface area (Å²) in [7, 11) is 0. The predicted molar refractivity (Wildman–Crippen MR) is 107 cm³/mol. The zero-order valence-electron chi connectivity index (χ0n) is 15.0. The van der Waals surface area contributed by atoms with Gasteiger partial charge >= 0.3 is 0 Å². The summed E-state index contributed by atoms with van der Waals surface area (Å²) in [6.07, 6.45) is 9.57. The normalized spacial score (nSPS) is 14.1. The van der Waals surface area contributed by atoms with E-state index in [1.807, 2.05) is 48.8 Å². The van der Waals surface area contributed by atoms with Crippen LogP contribution in [0.3, 0.4) is 0 Å². The van der Waals surface area contributed by atoms with Crippen LogP contribution in [0.4, 0.5) is 0 Å². The van der Waals surface area contributed by atoms with Gasteiger partial charge in [0.25, 0.3) is 0 Å². The summed E-state index contributed by atoms with van der Waals surface area (Å²) in [5.41, 5.74) is 6.16. The molecule has 5 rings (SSSR count). The van der Waals surface area contributed by atoms with Crippen molar-refractivity contribution in [1.29, 1.82) is 0 Å². The first-order valence-electron chi connectivity index (χ1n) is 9.41. The number of rotatable bonds is 4. The molecule has 0 amide bonds. The van der Waals surface area contributed by atoms with E-state index in [1.165, 1.54) is 19.3 Å². The van der Waals surface area contributed by atoms with Crippen molar-refractivity contribution in [2.45, 2.75) is 25.3 Å². The standard InChI is InChI=1S/C23H20N4/c1-2-7-17(8-3-1)22-15-18(12-14-25-22)20-16-27(19-9-6-10-19)26-23(20)21-11-4-5-13-24-21/h1-5,7-8,11-16,19H,6,9-10H2. The molecule has 4 nitrogen and oxygen atoms in total. The highest BCUT2D eigenvalue weighted by molar-refractivity contribution is 5.80. The summed E-state index contributed by atoms with van der Waals surface area (Å²) < 4.78 is 2.13. The Morgan fingerprint density at radius 3 is 2.33 bits per heavy atom. The number of hydrogen-bond acceptors (Lipinski definition) is 3. The van der Waals surface area contributed by atoms with Crippen molar-refractivity contribution in [3.63, 3.8) is 0 Å².